The van der Waals surface area contributed by atoms with Gasteiger partial charge in [0.1, 0.15) is 5.75 Å². The van der Waals surface area contributed by atoms with Crippen LogP contribution in [-0.2, 0) is 26.0 Å². The molecule has 1 aliphatic heterocycles. The highest BCUT2D eigenvalue weighted by Crippen LogP contribution is 2.25. The van der Waals surface area contributed by atoms with Gasteiger partial charge in [0.05, 0.1) is 19.8 Å². The van der Waals surface area contributed by atoms with Crippen LogP contribution in [0.15, 0.2) is 47.5 Å². The molecule has 3 N–H and O–H groups in total. The molecule has 0 amide bonds. The summed E-state index contributed by atoms with van der Waals surface area (Å²) in [5, 5.41) is 16.1. The number of guanidine groups is 1. The first kappa shape index (κ1) is 18.3. The van der Waals surface area contributed by atoms with Crippen molar-refractivity contribution in [2.45, 2.75) is 32.9 Å². The van der Waals surface area contributed by atoms with Gasteiger partial charge in [-0.25, -0.2) is 4.99 Å². The maximum absolute atomic E-state index is 9.43. The van der Waals surface area contributed by atoms with Crippen LogP contribution in [-0.4, -0.2) is 30.8 Å². The Labute approximate surface area is 155 Å². The van der Waals surface area contributed by atoms with Crippen LogP contribution in [0.2, 0.25) is 0 Å². The van der Waals surface area contributed by atoms with Crippen LogP contribution in [0.3, 0.4) is 0 Å². The number of benzene rings is 2. The zero-order valence-corrected chi connectivity index (χ0v) is 15.3. The lowest BCUT2D eigenvalue weighted by Gasteiger charge is -2.12. The predicted octanol–water partition coefficient (Wildman–Crippen LogP) is 2.41. The maximum Gasteiger partial charge on any atom is 0.191 e. The molecule has 0 aliphatic carbocycles. The SMILES string of the molecule is CCNC(=NCc1ccccc1CO)NCCc1ccc2c(c1)CCO2. The number of aliphatic hydroxyl groups is 1. The normalized spacial score (nSPS) is 13.2. The zero-order chi connectivity index (χ0) is 18.2. The second kappa shape index (κ2) is 9.25. The summed E-state index contributed by atoms with van der Waals surface area (Å²) in [6.45, 7) is 5.06. The molecule has 0 saturated heterocycles. The molecule has 1 heterocycles. The molecule has 0 radical (unpaired) electrons. The number of nitrogens with one attached hydrogen (secondary N) is 2. The molecule has 2 aromatic rings. The molecule has 26 heavy (non-hydrogen) atoms. The van der Waals surface area contributed by atoms with E-state index in [1.54, 1.807) is 0 Å². The molecule has 0 saturated carbocycles. The third-order valence-corrected chi connectivity index (χ3v) is 4.50. The summed E-state index contributed by atoms with van der Waals surface area (Å²) in [6.07, 6.45) is 1.94. The second-order valence-corrected chi connectivity index (χ2v) is 6.34. The molecule has 0 unspecified atom stereocenters. The third kappa shape index (κ3) is 4.76. The van der Waals surface area contributed by atoms with Gasteiger partial charge in [-0.15, -0.1) is 0 Å². The summed E-state index contributed by atoms with van der Waals surface area (Å²) in [4.78, 5) is 4.64. The Hall–Kier alpha value is -2.53. The highest BCUT2D eigenvalue weighted by Gasteiger charge is 2.11. The highest BCUT2D eigenvalue weighted by molar-refractivity contribution is 5.79. The molecule has 138 valence electrons. The minimum Gasteiger partial charge on any atom is -0.493 e. The van der Waals surface area contributed by atoms with E-state index in [1.807, 2.05) is 24.3 Å². The summed E-state index contributed by atoms with van der Waals surface area (Å²) >= 11 is 0. The van der Waals surface area contributed by atoms with Crippen LogP contribution < -0.4 is 15.4 Å². The van der Waals surface area contributed by atoms with Gasteiger partial charge in [-0.2, -0.15) is 0 Å². The van der Waals surface area contributed by atoms with Crippen LogP contribution in [0.5, 0.6) is 5.75 Å². The zero-order valence-electron chi connectivity index (χ0n) is 15.3. The number of fused-ring (bicyclic) bond motifs is 1. The molecule has 0 atom stereocenters. The molecule has 0 spiro atoms. The van der Waals surface area contributed by atoms with Crippen LogP contribution in [0, 0.1) is 0 Å². The summed E-state index contributed by atoms with van der Waals surface area (Å²) in [7, 11) is 0. The lowest BCUT2D eigenvalue weighted by Crippen LogP contribution is -2.38. The Kier molecular flexibility index (Phi) is 6.50. The smallest absolute Gasteiger partial charge is 0.191 e. The van der Waals surface area contributed by atoms with Gasteiger partial charge in [0.2, 0.25) is 0 Å². The van der Waals surface area contributed by atoms with E-state index in [0.717, 1.165) is 55.4 Å². The second-order valence-electron chi connectivity index (χ2n) is 6.34. The molecule has 0 bridgehead atoms. The van der Waals surface area contributed by atoms with Gasteiger partial charge in [-0.3, -0.25) is 0 Å². The monoisotopic (exact) mass is 353 g/mol. The summed E-state index contributed by atoms with van der Waals surface area (Å²) < 4.78 is 5.56. The van der Waals surface area contributed by atoms with Crippen molar-refractivity contribution < 1.29 is 9.84 Å². The van der Waals surface area contributed by atoms with E-state index >= 15 is 0 Å². The summed E-state index contributed by atoms with van der Waals surface area (Å²) in [5.74, 6) is 1.82. The average molecular weight is 353 g/mol. The van der Waals surface area contributed by atoms with Crippen molar-refractivity contribution in [1.29, 1.82) is 0 Å². The van der Waals surface area contributed by atoms with E-state index in [1.165, 1.54) is 11.1 Å². The molecule has 2 aromatic carbocycles. The molecular weight excluding hydrogens is 326 g/mol. The Morgan fingerprint density at radius 2 is 2.00 bits per heavy atom. The van der Waals surface area contributed by atoms with Crippen molar-refractivity contribution in [1.82, 2.24) is 10.6 Å². The van der Waals surface area contributed by atoms with E-state index in [2.05, 4.69) is 40.7 Å². The number of aliphatic hydroxyl groups excluding tert-OH is 1. The standard InChI is InChI=1S/C21H27N3O2/c1-2-22-21(24-14-18-5-3-4-6-19(18)15-25)23-11-9-16-7-8-20-17(13-16)10-12-26-20/h3-8,13,25H,2,9-12,14-15H2,1H3,(H2,22,23,24). The Morgan fingerprint density at radius 3 is 2.81 bits per heavy atom. The van der Waals surface area contributed by atoms with Crippen molar-refractivity contribution in [2.24, 2.45) is 4.99 Å². The first-order valence-corrected chi connectivity index (χ1v) is 9.24. The van der Waals surface area contributed by atoms with E-state index in [0.29, 0.717) is 6.54 Å². The van der Waals surface area contributed by atoms with Crippen molar-refractivity contribution in [3.8, 4) is 5.75 Å². The van der Waals surface area contributed by atoms with Gasteiger partial charge in [0.15, 0.2) is 5.96 Å². The fourth-order valence-electron chi connectivity index (χ4n) is 3.09. The number of ether oxygens (including phenoxy) is 1. The quantitative estimate of drug-likeness (QED) is 0.528. The van der Waals surface area contributed by atoms with Crippen molar-refractivity contribution >= 4 is 5.96 Å². The lowest BCUT2D eigenvalue weighted by molar-refractivity contribution is 0.280. The first-order chi connectivity index (χ1) is 12.8. The van der Waals surface area contributed by atoms with Crippen LogP contribution in [0.25, 0.3) is 0 Å². The fourth-order valence-corrected chi connectivity index (χ4v) is 3.09. The van der Waals surface area contributed by atoms with Gasteiger partial charge in [0.25, 0.3) is 0 Å². The Balaban J connectivity index is 1.56. The van der Waals surface area contributed by atoms with Gasteiger partial charge in [-0.1, -0.05) is 36.4 Å². The highest BCUT2D eigenvalue weighted by atomic mass is 16.5. The van der Waals surface area contributed by atoms with E-state index in [9.17, 15) is 5.11 Å². The van der Waals surface area contributed by atoms with Crippen molar-refractivity contribution in [3.05, 3.63) is 64.7 Å². The number of nitrogens with zero attached hydrogens (tertiary/aromatic N) is 1. The molecule has 3 rings (SSSR count). The molecular formula is C21H27N3O2. The summed E-state index contributed by atoms with van der Waals surface area (Å²) in [5.41, 5.74) is 4.59. The Bertz CT molecular complexity index is 759. The molecule has 5 nitrogen and oxygen atoms in total. The average Bonchev–Trinajstić information content (AvgIpc) is 3.14. The van der Waals surface area contributed by atoms with Crippen molar-refractivity contribution in [3.63, 3.8) is 0 Å². The van der Waals surface area contributed by atoms with Gasteiger partial charge < -0.3 is 20.5 Å². The van der Waals surface area contributed by atoms with Crippen LogP contribution in [0.1, 0.15) is 29.2 Å². The number of hydrogen-bond donors (Lipinski definition) is 3. The number of aliphatic imine (C=N–C) groups is 1. The Morgan fingerprint density at radius 1 is 1.15 bits per heavy atom. The predicted molar refractivity (Wildman–Crippen MR) is 105 cm³/mol. The third-order valence-electron chi connectivity index (χ3n) is 4.50. The van der Waals surface area contributed by atoms with Crippen molar-refractivity contribution in [2.75, 3.05) is 19.7 Å². The van der Waals surface area contributed by atoms with E-state index in [-0.39, 0.29) is 6.61 Å². The molecule has 5 heteroatoms. The minimum atomic E-state index is 0.0394. The summed E-state index contributed by atoms with van der Waals surface area (Å²) in [6, 6.07) is 14.3. The molecule has 0 fully saturated rings. The number of rotatable bonds is 7. The maximum atomic E-state index is 9.43. The largest absolute Gasteiger partial charge is 0.493 e. The molecule has 1 aliphatic rings. The van der Waals surface area contributed by atoms with E-state index < -0.39 is 0 Å². The fraction of sp³-hybridized carbons (Fsp3) is 0.381. The first-order valence-electron chi connectivity index (χ1n) is 9.24. The van der Waals surface area contributed by atoms with E-state index in [4.69, 9.17) is 4.74 Å². The topological polar surface area (TPSA) is 65.9 Å². The van der Waals surface area contributed by atoms with Gasteiger partial charge in [-0.05, 0) is 41.7 Å². The van der Waals surface area contributed by atoms with Gasteiger partial charge in [0, 0.05) is 19.5 Å². The van der Waals surface area contributed by atoms with Crippen LogP contribution >= 0.6 is 0 Å². The number of hydrogen-bond acceptors (Lipinski definition) is 3. The van der Waals surface area contributed by atoms with Gasteiger partial charge >= 0.3 is 0 Å². The van der Waals surface area contributed by atoms with Crippen LogP contribution in [0.4, 0.5) is 0 Å². The lowest BCUT2D eigenvalue weighted by atomic mass is 10.1. The minimum absolute atomic E-state index is 0.0394. The molecule has 0 aromatic heterocycles.